The number of ether oxygens (including phenoxy) is 1. The van der Waals surface area contributed by atoms with Crippen molar-refractivity contribution in [1.82, 2.24) is 19.8 Å². The lowest BCUT2D eigenvalue weighted by atomic mass is 10.0. The Kier molecular flexibility index (Phi) is 5.80. The molecule has 0 aliphatic carbocycles. The van der Waals surface area contributed by atoms with E-state index in [0.717, 1.165) is 12.8 Å². The largest absolute Gasteiger partial charge is 0.376 e. The third-order valence-electron chi connectivity index (χ3n) is 6.12. The standard InChI is InChI=1S/C23H24ClN5O3/c24-17-6-4-16(5-7-17)19-20(22(31)29(21(19)30)15-18-3-1-14-32-18)27-10-12-28(13-11-27)23-25-8-2-9-26-23/h2,4-9,18H,1,3,10-15H2. The number of amides is 2. The number of carbonyl (C=O) groups is 2. The number of imide groups is 1. The number of nitrogens with zero attached hydrogens (tertiary/aromatic N) is 5. The van der Waals surface area contributed by atoms with Gasteiger partial charge < -0.3 is 14.5 Å². The molecule has 3 aliphatic rings. The molecule has 1 aromatic carbocycles. The van der Waals surface area contributed by atoms with Gasteiger partial charge in [-0.1, -0.05) is 23.7 Å². The predicted octanol–water partition coefficient (Wildman–Crippen LogP) is 2.21. The molecule has 0 spiro atoms. The van der Waals surface area contributed by atoms with Gasteiger partial charge in [0, 0.05) is 50.2 Å². The van der Waals surface area contributed by atoms with Crippen molar-refractivity contribution in [3.05, 3.63) is 59.0 Å². The number of aromatic nitrogens is 2. The number of hydrogen-bond donors (Lipinski definition) is 0. The van der Waals surface area contributed by atoms with E-state index in [1.54, 1.807) is 42.7 Å². The van der Waals surface area contributed by atoms with Crippen LogP contribution in [0.1, 0.15) is 18.4 Å². The van der Waals surface area contributed by atoms with Crippen LogP contribution in [-0.4, -0.2) is 77.0 Å². The number of benzene rings is 1. The molecular formula is C23H24ClN5O3. The molecule has 1 atom stereocenters. The Morgan fingerprint density at radius 2 is 1.66 bits per heavy atom. The molecule has 4 heterocycles. The quantitative estimate of drug-likeness (QED) is 0.642. The first kappa shape index (κ1) is 20.9. The highest BCUT2D eigenvalue weighted by atomic mass is 35.5. The second-order valence-corrected chi connectivity index (χ2v) is 8.55. The SMILES string of the molecule is O=C1C(c2ccc(Cl)cc2)=C(N2CCN(c3ncccn3)CC2)C(=O)N1CC1CCCO1. The van der Waals surface area contributed by atoms with Crippen LogP contribution >= 0.6 is 11.6 Å². The lowest BCUT2D eigenvalue weighted by Gasteiger charge is -2.36. The molecule has 3 aliphatic heterocycles. The molecule has 2 amide bonds. The van der Waals surface area contributed by atoms with E-state index in [0.29, 0.717) is 60.6 Å². The van der Waals surface area contributed by atoms with Crippen molar-refractivity contribution in [3.63, 3.8) is 0 Å². The van der Waals surface area contributed by atoms with Gasteiger partial charge in [0.25, 0.3) is 11.8 Å². The summed E-state index contributed by atoms with van der Waals surface area (Å²) in [5.74, 6) is 0.157. The molecule has 0 saturated carbocycles. The van der Waals surface area contributed by atoms with Crippen LogP contribution in [0.3, 0.4) is 0 Å². The molecule has 166 valence electrons. The number of halogens is 1. The van der Waals surface area contributed by atoms with Crippen LogP contribution < -0.4 is 4.90 Å². The summed E-state index contributed by atoms with van der Waals surface area (Å²) < 4.78 is 5.70. The van der Waals surface area contributed by atoms with Gasteiger partial charge in [-0.2, -0.15) is 0 Å². The highest BCUT2D eigenvalue weighted by molar-refractivity contribution is 6.36. The summed E-state index contributed by atoms with van der Waals surface area (Å²) in [6, 6.07) is 8.87. The molecule has 32 heavy (non-hydrogen) atoms. The van der Waals surface area contributed by atoms with Gasteiger partial charge in [-0.15, -0.1) is 0 Å². The Morgan fingerprint density at radius 3 is 2.31 bits per heavy atom. The van der Waals surface area contributed by atoms with Gasteiger partial charge in [0.2, 0.25) is 5.95 Å². The van der Waals surface area contributed by atoms with Crippen LogP contribution in [0.4, 0.5) is 5.95 Å². The third kappa shape index (κ3) is 3.96. The van der Waals surface area contributed by atoms with Crippen LogP contribution in [0.2, 0.25) is 5.02 Å². The first-order valence-corrected chi connectivity index (χ1v) is 11.2. The molecule has 0 radical (unpaired) electrons. The molecule has 1 unspecified atom stereocenters. The van der Waals surface area contributed by atoms with E-state index in [4.69, 9.17) is 16.3 Å². The Balaban J connectivity index is 1.43. The Hall–Kier alpha value is -2.97. The monoisotopic (exact) mass is 453 g/mol. The third-order valence-corrected chi connectivity index (χ3v) is 6.37. The molecular weight excluding hydrogens is 430 g/mol. The summed E-state index contributed by atoms with van der Waals surface area (Å²) in [5, 5.41) is 0.584. The summed E-state index contributed by atoms with van der Waals surface area (Å²) in [7, 11) is 0. The molecule has 2 fully saturated rings. The van der Waals surface area contributed by atoms with E-state index in [2.05, 4.69) is 14.9 Å². The molecule has 2 aromatic rings. The fourth-order valence-electron chi connectivity index (χ4n) is 4.48. The number of rotatable bonds is 5. The highest BCUT2D eigenvalue weighted by Gasteiger charge is 2.43. The molecule has 8 nitrogen and oxygen atoms in total. The Morgan fingerprint density at radius 1 is 0.969 bits per heavy atom. The lowest BCUT2D eigenvalue weighted by Crippen LogP contribution is -2.48. The second-order valence-electron chi connectivity index (χ2n) is 8.11. The zero-order chi connectivity index (χ0) is 22.1. The van der Waals surface area contributed by atoms with Crippen molar-refractivity contribution in [1.29, 1.82) is 0 Å². The molecule has 1 aromatic heterocycles. The van der Waals surface area contributed by atoms with Crippen molar-refractivity contribution in [2.75, 3.05) is 44.2 Å². The number of carbonyl (C=O) groups excluding carboxylic acids is 2. The highest BCUT2D eigenvalue weighted by Crippen LogP contribution is 2.33. The summed E-state index contributed by atoms with van der Waals surface area (Å²) in [6.07, 6.45) is 5.16. The van der Waals surface area contributed by atoms with Crippen molar-refractivity contribution in [3.8, 4) is 0 Å². The molecule has 0 N–H and O–H groups in total. The average molecular weight is 454 g/mol. The van der Waals surface area contributed by atoms with Gasteiger partial charge >= 0.3 is 0 Å². The van der Waals surface area contributed by atoms with Crippen LogP contribution in [0, 0.1) is 0 Å². The smallest absolute Gasteiger partial charge is 0.277 e. The molecule has 5 rings (SSSR count). The predicted molar refractivity (Wildman–Crippen MR) is 120 cm³/mol. The molecule has 2 saturated heterocycles. The zero-order valence-electron chi connectivity index (χ0n) is 17.6. The zero-order valence-corrected chi connectivity index (χ0v) is 18.4. The summed E-state index contributed by atoms with van der Waals surface area (Å²) >= 11 is 6.06. The first-order valence-electron chi connectivity index (χ1n) is 10.9. The minimum atomic E-state index is -0.267. The van der Waals surface area contributed by atoms with Crippen LogP contribution in [0.5, 0.6) is 0 Å². The summed E-state index contributed by atoms with van der Waals surface area (Å²) in [5.41, 5.74) is 1.60. The first-order chi connectivity index (χ1) is 15.6. The van der Waals surface area contributed by atoms with Gasteiger partial charge in [-0.05, 0) is 36.6 Å². The van der Waals surface area contributed by atoms with Gasteiger partial charge in [-0.25, -0.2) is 9.97 Å². The fraction of sp³-hybridized carbons (Fsp3) is 0.391. The molecule has 0 bridgehead atoms. The Bertz CT molecular complexity index is 1030. The van der Waals surface area contributed by atoms with Crippen molar-refractivity contribution >= 4 is 34.9 Å². The van der Waals surface area contributed by atoms with Crippen LogP contribution in [0.15, 0.2) is 48.4 Å². The number of anilines is 1. The van der Waals surface area contributed by atoms with Gasteiger partial charge in [-0.3, -0.25) is 14.5 Å². The number of hydrogen-bond acceptors (Lipinski definition) is 7. The summed E-state index contributed by atoms with van der Waals surface area (Å²) in [4.78, 5) is 41.0. The van der Waals surface area contributed by atoms with Crippen LogP contribution in [-0.2, 0) is 14.3 Å². The Labute approximate surface area is 191 Å². The van der Waals surface area contributed by atoms with Crippen molar-refractivity contribution < 1.29 is 14.3 Å². The van der Waals surface area contributed by atoms with E-state index < -0.39 is 0 Å². The van der Waals surface area contributed by atoms with E-state index >= 15 is 0 Å². The van der Waals surface area contributed by atoms with E-state index in [9.17, 15) is 9.59 Å². The van der Waals surface area contributed by atoms with E-state index in [1.807, 2.05) is 4.90 Å². The minimum absolute atomic E-state index is 0.0965. The average Bonchev–Trinajstić information content (AvgIpc) is 3.43. The maximum Gasteiger partial charge on any atom is 0.277 e. The van der Waals surface area contributed by atoms with Gasteiger partial charge in [0.15, 0.2) is 0 Å². The molecule has 9 heteroatoms. The van der Waals surface area contributed by atoms with E-state index in [1.165, 1.54) is 4.90 Å². The summed E-state index contributed by atoms with van der Waals surface area (Å²) in [6.45, 7) is 3.48. The number of piperazine rings is 1. The van der Waals surface area contributed by atoms with Gasteiger partial charge in [0.05, 0.1) is 18.2 Å². The maximum absolute atomic E-state index is 13.5. The van der Waals surface area contributed by atoms with Gasteiger partial charge in [0.1, 0.15) is 5.70 Å². The second kappa shape index (κ2) is 8.88. The fourth-order valence-corrected chi connectivity index (χ4v) is 4.60. The maximum atomic E-state index is 13.5. The topological polar surface area (TPSA) is 78.9 Å². The van der Waals surface area contributed by atoms with E-state index in [-0.39, 0.29) is 24.5 Å². The van der Waals surface area contributed by atoms with Crippen molar-refractivity contribution in [2.24, 2.45) is 0 Å². The minimum Gasteiger partial charge on any atom is -0.376 e. The van der Waals surface area contributed by atoms with Crippen molar-refractivity contribution in [2.45, 2.75) is 18.9 Å². The lowest BCUT2D eigenvalue weighted by molar-refractivity contribution is -0.139. The normalized spacial score (nSPS) is 21.8. The van der Waals surface area contributed by atoms with Crippen LogP contribution in [0.25, 0.3) is 5.57 Å².